The Morgan fingerprint density at radius 2 is 2.10 bits per heavy atom. The molecule has 114 valence electrons. The van der Waals surface area contributed by atoms with Crippen LogP contribution in [-0.4, -0.2) is 42.7 Å². The van der Waals surface area contributed by atoms with Crippen LogP contribution in [0.4, 0.5) is 0 Å². The Hall–Kier alpha value is -1.37. The summed E-state index contributed by atoms with van der Waals surface area (Å²) in [6, 6.07) is 5.68. The van der Waals surface area contributed by atoms with Crippen LogP contribution in [0.25, 0.3) is 10.9 Å². The first-order valence-electron chi connectivity index (χ1n) is 6.80. The highest BCUT2D eigenvalue weighted by Gasteiger charge is 2.11. The minimum absolute atomic E-state index is 0.0107. The smallest absolute Gasteiger partial charge is 0.262 e. The second-order valence-electron chi connectivity index (χ2n) is 4.63. The predicted molar refractivity (Wildman–Crippen MR) is 85.2 cm³/mol. The van der Waals surface area contributed by atoms with Crippen molar-refractivity contribution in [2.24, 2.45) is 0 Å². The van der Waals surface area contributed by atoms with E-state index in [2.05, 4.69) is 4.98 Å². The van der Waals surface area contributed by atoms with E-state index < -0.39 is 0 Å². The number of ether oxygens (including phenoxy) is 2. The van der Waals surface area contributed by atoms with Crippen LogP contribution in [-0.2, 0) is 16.0 Å². The van der Waals surface area contributed by atoms with Crippen molar-refractivity contribution in [2.75, 3.05) is 33.2 Å². The molecular weight excluding hydrogens is 288 g/mol. The lowest BCUT2D eigenvalue weighted by Crippen LogP contribution is -2.25. The molecule has 0 N–H and O–H groups in total. The summed E-state index contributed by atoms with van der Waals surface area (Å²) in [4.78, 5) is 17.2. The SMILES string of the molecule is COCCOCCn1c(SC)nc2c(C)cccc2c1=O. The summed E-state index contributed by atoms with van der Waals surface area (Å²) >= 11 is 1.47. The number of nitrogens with zero attached hydrogens (tertiary/aromatic N) is 2. The Morgan fingerprint density at radius 3 is 2.81 bits per heavy atom. The van der Waals surface area contributed by atoms with Gasteiger partial charge in [0.1, 0.15) is 0 Å². The molecule has 0 aliphatic heterocycles. The van der Waals surface area contributed by atoms with Gasteiger partial charge in [-0.05, 0) is 24.8 Å². The van der Waals surface area contributed by atoms with Gasteiger partial charge in [0.05, 0.1) is 37.3 Å². The summed E-state index contributed by atoms with van der Waals surface area (Å²) in [5, 5.41) is 1.38. The summed E-state index contributed by atoms with van der Waals surface area (Å²) in [5.74, 6) is 0. The monoisotopic (exact) mass is 308 g/mol. The van der Waals surface area contributed by atoms with Crippen LogP contribution in [0, 0.1) is 6.92 Å². The Bertz CT molecular complexity index is 670. The fourth-order valence-corrected chi connectivity index (χ4v) is 2.70. The molecule has 6 heteroatoms. The van der Waals surface area contributed by atoms with Crippen molar-refractivity contribution in [1.29, 1.82) is 0 Å². The zero-order valence-electron chi connectivity index (χ0n) is 12.6. The molecule has 0 unspecified atom stereocenters. The van der Waals surface area contributed by atoms with Crippen LogP contribution in [0.2, 0.25) is 0 Å². The highest BCUT2D eigenvalue weighted by molar-refractivity contribution is 7.98. The van der Waals surface area contributed by atoms with Gasteiger partial charge in [-0.15, -0.1) is 0 Å². The van der Waals surface area contributed by atoms with Crippen molar-refractivity contribution in [3.8, 4) is 0 Å². The minimum Gasteiger partial charge on any atom is -0.382 e. The maximum atomic E-state index is 12.6. The van der Waals surface area contributed by atoms with Gasteiger partial charge in [0.2, 0.25) is 0 Å². The zero-order chi connectivity index (χ0) is 15.2. The third-order valence-electron chi connectivity index (χ3n) is 3.23. The van der Waals surface area contributed by atoms with Crippen molar-refractivity contribution in [3.63, 3.8) is 0 Å². The summed E-state index contributed by atoms with van der Waals surface area (Å²) < 4.78 is 12.0. The number of thioether (sulfide) groups is 1. The van der Waals surface area contributed by atoms with Gasteiger partial charge in [0.15, 0.2) is 5.16 Å². The average Bonchev–Trinajstić information content (AvgIpc) is 2.49. The predicted octanol–water partition coefficient (Wildman–Crippen LogP) is 2.09. The van der Waals surface area contributed by atoms with Gasteiger partial charge in [0, 0.05) is 7.11 Å². The summed E-state index contributed by atoms with van der Waals surface area (Å²) in [7, 11) is 1.63. The van der Waals surface area contributed by atoms with Crippen LogP contribution in [0.5, 0.6) is 0 Å². The minimum atomic E-state index is -0.0107. The largest absolute Gasteiger partial charge is 0.382 e. The first-order valence-corrected chi connectivity index (χ1v) is 8.02. The Labute approximate surface area is 128 Å². The van der Waals surface area contributed by atoms with Crippen molar-refractivity contribution in [3.05, 3.63) is 34.1 Å². The van der Waals surface area contributed by atoms with Gasteiger partial charge in [-0.2, -0.15) is 0 Å². The second kappa shape index (κ2) is 7.59. The molecule has 0 aliphatic carbocycles. The van der Waals surface area contributed by atoms with Crippen molar-refractivity contribution in [2.45, 2.75) is 18.6 Å². The Kier molecular flexibility index (Phi) is 5.78. The molecule has 0 fully saturated rings. The van der Waals surface area contributed by atoms with E-state index in [1.165, 1.54) is 11.8 Å². The normalized spacial score (nSPS) is 11.2. The number of hydrogen-bond acceptors (Lipinski definition) is 5. The van der Waals surface area contributed by atoms with Crippen molar-refractivity contribution < 1.29 is 9.47 Å². The van der Waals surface area contributed by atoms with E-state index in [1.807, 2.05) is 31.4 Å². The maximum absolute atomic E-state index is 12.6. The molecular formula is C15H20N2O3S. The van der Waals surface area contributed by atoms with Gasteiger partial charge in [-0.1, -0.05) is 23.9 Å². The zero-order valence-corrected chi connectivity index (χ0v) is 13.4. The van der Waals surface area contributed by atoms with Crippen LogP contribution >= 0.6 is 11.8 Å². The van der Waals surface area contributed by atoms with Gasteiger partial charge in [-0.3, -0.25) is 9.36 Å². The molecule has 2 rings (SSSR count). The molecule has 21 heavy (non-hydrogen) atoms. The lowest BCUT2D eigenvalue weighted by molar-refractivity contribution is 0.0653. The molecule has 0 radical (unpaired) electrons. The molecule has 1 aromatic carbocycles. The second-order valence-corrected chi connectivity index (χ2v) is 5.40. The quantitative estimate of drug-likeness (QED) is 0.445. The van der Waals surface area contributed by atoms with Crippen LogP contribution in [0.1, 0.15) is 5.56 Å². The van der Waals surface area contributed by atoms with Gasteiger partial charge in [-0.25, -0.2) is 4.98 Å². The van der Waals surface area contributed by atoms with Crippen molar-refractivity contribution in [1.82, 2.24) is 9.55 Å². The number of rotatable bonds is 7. The average molecular weight is 308 g/mol. The first kappa shape index (κ1) is 16.0. The Morgan fingerprint density at radius 1 is 1.29 bits per heavy atom. The van der Waals surface area contributed by atoms with E-state index in [1.54, 1.807) is 11.7 Å². The van der Waals surface area contributed by atoms with Gasteiger partial charge in [0.25, 0.3) is 5.56 Å². The number of benzene rings is 1. The van der Waals surface area contributed by atoms with Crippen LogP contribution in [0.3, 0.4) is 0 Å². The molecule has 0 saturated carbocycles. The number of aromatic nitrogens is 2. The first-order chi connectivity index (χ1) is 10.2. The lowest BCUT2D eigenvalue weighted by Gasteiger charge is -2.12. The summed E-state index contributed by atoms with van der Waals surface area (Å²) in [6.07, 6.45) is 1.92. The number of aryl methyl sites for hydroxylation is 1. The highest BCUT2D eigenvalue weighted by Crippen LogP contribution is 2.17. The third kappa shape index (κ3) is 3.64. The number of hydrogen-bond donors (Lipinski definition) is 0. The van der Waals surface area contributed by atoms with E-state index in [4.69, 9.17) is 9.47 Å². The Balaban J connectivity index is 2.30. The molecule has 0 bridgehead atoms. The molecule has 1 heterocycles. The number of para-hydroxylation sites is 1. The highest BCUT2D eigenvalue weighted by atomic mass is 32.2. The van der Waals surface area contributed by atoms with Crippen molar-refractivity contribution >= 4 is 22.7 Å². The molecule has 0 saturated heterocycles. The van der Waals surface area contributed by atoms with Gasteiger partial charge >= 0.3 is 0 Å². The van der Waals surface area contributed by atoms with E-state index in [-0.39, 0.29) is 5.56 Å². The molecule has 5 nitrogen and oxygen atoms in total. The van der Waals surface area contributed by atoms with E-state index in [9.17, 15) is 4.79 Å². The molecule has 2 aromatic rings. The molecule has 0 atom stereocenters. The van der Waals surface area contributed by atoms with E-state index in [0.29, 0.717) is 31.8 Å². The summed E-state index contributed by atoms with van der Waals surface area (Å²) in [6.45, 7) is 4.02. The molecule has 0 aliphatic rings. The van der Waals surface area contributed by atoms with Crippen LogP contribution < -0.4 is 5.56 Å². The number of methoxy groups -OCH3 is 1. The standard InChI is InChI=1S/C15H20N2O3S/c1-11-5-4-6-12-13(11)16-15(21-3)17(14(12)18)7-8-20-10-9-19-2/h4-6H,7-10H2,1-3H3. The molecule has 0 spiro atoms. The van der Waals surface area contributed by atoms with Crippen LogP contribution in [0.15, 0.2) is 28.2 Å². The molecule has 0 amide bonds. The molecule has 1 aromatic heterocycles. The fourth-order valence-electron chi connectivity index (χ4n) is 2.12. The summed E-state index contributed by atoms with van der Waals surface area (Å²) in [5.41, 5.74) is 1.79. The van der Waals surface area contributed by atoms with Gasteiger partial charge < -0.3 is 9.47 Å². The van der Waals surface area contributed by atoms with E-state index >= 15 is 0 Å². The maximum Gasteiger partial charge on any atom is 0.262 e. The lowest BCUT2D eigenvalue weighted by atomic mass is 10.1. The fraction of sp³-hybridized carbons (Fsp3) is 0.467. The third-order valence-corrected chi connectivity index (χ3v) is 3.90. The number of fused-ring (bicyclic) bond motifs is 1. The topological polar surface area (TPSA) is 53.4 Å². The van der Waals surface area contributed by atoms with E-state index in [0.717, 1.165) is 16.2 Å².